The summed E-state index contributed by atoms with van der Waals surface area (Å²) in [7, 11) is -8.11. The summed E-state index contributed by atoms with van der Waals surface area (Å²) in [5.41, 5.74) is 1.16. The Balaban J connectivity index is 1.73. The lowest BCUT2D eigenvalue weighted by molar-refractivity contribution is -0.274. The number of ether oxygens (including phenoxy) is 1. The summed E-state index contributed by atoms with van der Waals surface area (Å²) in [6, 6.07) is 14.8. The maximum Gasteiger partial charge on any atom is 0.573 e. The van der Waals surface area contributed by atoms with E-state index in [1.807, 2.05) is 0 Å². The van der Waals surface area contributed by atoms with Crippen LogP contribution in [0.25, 0.3) is 22.2 Å². The van der Waals surface area contributed by atoms with Gasteiger partial charge in [0.15, 0.2) is 9.84 Å². The van der Waals surface area contributed by atoms with Crippen molar-refractivity contribution < 1.29 is 34.7 Å². The average Bonchev–Trinajstić information content (AvgIpc) is 3.15. The number of hydrogen-bond acceptors (Lipinski definition) is 6. The predicted octanol–water partition coefficient (Wildman–Crippen LogP) is 4.33. The summed E-state index contributed by atoms with van der Waals surface area (Å²) in [5.74, 6) is -0.435. The molecule has 3 aromatic carbocycles. The first kappa shape index (κ1) is 23.6. The minimum Gasteiger partial charge on any atom is -0.406 e. The van der Waals surface area contributed by atoms with Gasteiger partial charge < -0.3 is 4.74 Å². The first-order valence-electron chi connectivity index (χ1n) is 9.50. The zero-order valence-electron chi connectivity index (χ0n) is 17.3. The van der Waals surface area contributed by atoms with Gasteiger partial charge in [-0.15, -0.1) is 13.2 Å². The number of fused-ring (bicyclic) bond motifs is 1. The van der Waals surface area contributed by atoms with E-state index in [4.69, 9.17) is 0 Å². The van der Waals surface area contributed by atoms with Crippen LogP contribution in [0.3, 0.4) is 0 Å². The number of nitrogens with zero attached hydrogens (tertiary/aromatic N) is 1. The van der Waals surface area contributed by atoms with Crippen LogP contribution in [0.1, 0.15) is 0 Å². The number of nitrogens with one attached hydrogen (secondary N) is 2. The number of H-pyrrole nitrogens is 1. The van der Waals surface area contributed by atoms with Gasteiger partial charge in [-0.1, -0.05) is 24.3 Å². The monoisotopic (exact) mass is 511 g/mol. The molecular formula is C21H16F3N3O5S2. The molecule has 0 saturated heterocycles. The highest BCUT2D eigenvalue weighted by Crippen LogP contribution is 2.33. The van der Waals surface area contributed by atoms with Crippen LogP contribution in [0.5, 0.6) is 5.75 Å². The molecule has 0 radical (unpaired) electrons. The van der Waals surface area contributed by atoms with Crippen LogP contribution in [0.2, 0.25) is 0 Å². The van der Waals surface area contributed by atoms with Gasteiger partial charge in [0.2, 0.25) is 0 Å². The van der Waals surface area contributed by atoms with Gasteiger partial charge in [-0.25, -0.2) is 16.8 Å². The maximum absolute atomic E-state index is 13.0. The van der Waals surface area contributed by atoms with Gasteiger partial charge >= 0.3 is 6.36 Å². The summed E-state index contributed by atoms with van der Waals surface area (Å²) in [5, 5.41) is 7.28. The Kier molecular flexibility index (Phi) is 5.77. The Morgan fingerprint density at radius 2 is 1.62 bits per heavy atom. The fraction of sp³-hybridized carbons (Fsp3) is 0.0952. The number of aromatic amines is 1. The van der Waals surface area contributed by atoms with Gasteiger partial charge in [0.25, 0.3) is 10.0 Å². The van der Waals surface area contributed by atoms with Crippen LogP contribution in [0.4, 0.5) is 18.9 Å². The molecular weight excluding hydrogens is 495 g/mol. The van der Waals surface area contributed by atoms with Crippen molar-refractivity contribution in [1.82, 2.24) is 10.2 Å². The highest BCUT2D eigenvalue weighted by atomic mass is 32.2. The lowest BCUT2D eigenvalue weighted by Gasteiger charge is -2.12. The average molecular weight is 512 g/mol. The SMILES string of the molecule is CS(=O)(=O)c1ccccc1S(=O)(=O)Nc1ccc2[nH]nc(-c3cccc(OC(F)(F)F)c3)c2c1. The minimum atomic E-state index is -4.86. The molecule has 1 aromatic heterocycles. The largest absolute Gasteiger partial charge is 0.573 e. The van der Waals surface area contributed by atoms with E-state index in [-0.39, 0.29) is 16.3 Å². The quantitative estimate of drug-likeness (QED) is 0.398. The molecule has 4 rings (SSSR count). The second-order valence-corrected chi connectivity index (χ2v) is 10.9. The van der Waals surface area contributed by atoms with E-state index >= 15 is 0 Å². The Hall–Kier alpha value is -3.58. The summed E-state index contributed by atoms with van der Waals surface area (Å²) in [6.07, 6.45) is -3.96. The number of rotatable bonds is 6. The topological polar surface area (TPSA) is 118 Å². The molecule has 0 bridgehead atoms. The molecule has 2 N–H and O–H groups in total. The molecule has 1 heterocycles. The lowest BCUT2D eigenvalue weighted by atomic mass is 10.1. The van der Waals surface area contributed by atoms with Crippen molar-refractivity contribution in [2.45, 2.75) is 16.2 Å². The molecule has 8 nitrogen and oxygen atoms in total. The van der Waals surface area contributed by atoms with Crippen molar-refractivity contribution in [1.29, 1.82) is 0 Å². The fourth-order valence-electron chi connectivity index (χ4n) is 3.33. The second kappa shape index (κ2) is 8.33. The van der Waals surface area contributed by atoms with Crippen molar-refractivity contribution in [2.75, 3.05) is 11.0 Å². The van der Waals surface area contributed by atoms with Gasteiger partial charge in [-0.05, 0) is 42.5 Å². The highest BCUT2D eigenvalue weighted by Gasteiger charge is 2.31. The molecule has 178 valence electrons. The van der Waals surface area contributed by atoms with E-state index in [2.05, 4.69) is 19.7 Å². The zero-order valence-corrected chi connectivity index (χ0v) is 18.9. The van der Waals surface area contributed by atoms with Crippen LogP contribution >= 0.6 is 0 Å². The van der Waals surface area contributed by atoms with Crippen molar-refractivity contribution in [3.63, 3.8) is 0 Å². The molecule has 0 atom stereocenters. The van der Waals surface area contributed by atoms with Crippen LogP contribution in [0, 0.1) is 0 Å². The smallest absolute Gasteiger partial charge is 0.406 e. The Morgan fingerprint density at radius 1 is 0.912 bits per heavy atom. The standard InChI is InChI=1S/C21H16F3N3O5S2/c1-33(28,29)18-7-2-3-8-19(18)34(30,31)27-14-9-10-17-16(12-14)20(26-25-17)13-5-4-6-15(11-13)32-21(22,23)24/h2-12,27H,1H3,(H,25,26). The number of aromatic nitrogens is 2. The van der Waals surface area contributed by atoms with Gasteiger partial charge in [-0.3, -0.25) is 9.82 Å². The fourth-order valence-corrected chi connectivity index (χ4v) is 6.01. The number of alkyl halides is 3. The minimum absolute atomic E-state index is 0.0983. The highest BCUT2D eigenvalue weighted by molar-refractivity contribution is 7.95. The zero-order chi connectivity index (χ0) is 24.7. The summed E-state index contributed by atoms with van der Waals surface area (Å²) in [4.78, 5) is -0.768. The van der Waals surface area contributed by atoms with Gasteiger partial charge in [-0.2, -0.15) is 5.10 Å². The maximum atomic E-state index is 13.0. The molecule has 0 amide bonds. The van der Waals surface area contributed by atoms with E-state index in [9.17, 15) is 30.0 Å². The van der Waals surface area contributed by atoms with Gasteiger partial charge in [0.05, 0.1) is 10.4 Å². The van der Waals surface area contributed by atoms with Crippen LogP contribution in [-0.4, -0.2) is 39.7 Å². The number of benzene rings is 3. The lowest BCUT2D eigenvalue weighted by Crippen LogP contribution is -2.17. The predicted molar refractivity (Wildman–Crippen MR) is 119 cm³/mol. The number of halogens is 3. The van der Waals surface area contributed by atoms with E-state index in [0.717, 1.165) is 18.4 Å². The molecule has 0 unspecified atom stereocenters. The normalized spacial score (nSPS) is 12.6. The van der Waals surface area contributed by atoms with E-state index < -0.39 is 36.9 Å². The number of hydrogen-bond donors (Lipinski definition) is 2. The molecule has 0 aliphatic rings. The third kappa shape index (κ3) is 4.99. The molecule has 4 aromatic rings. The molecule has 0 fully saturated rings. The summed E-state index contributed by atoms with van der Waals surface area (Å²) in [6.45, 7) is 0. The Labute approximate surface area is 192 Å². The molecule has 34 heavy (non-hydrogen) atoms. The number of sulfone groups is 1. The van der Waals surface area contributed by atoms with E-state index in [1.165, 1.54) is 54.6 Å². The van der Waals surface area contributed by atoms with Crippen molar-refractivity contribution >= 4 is 36.5 Å². The molecule has 0 saturated carbocycles. The van der Waals surface area contributed by atoms with Gasteiger partial charge in [0, 0.05) is 22.9 Å². The Bertz CT molecular complexity index is 1600. The first-order chi connectivity index (χ1) is 15.8. The third-order valence-corrected chi connectivity index (χ3v) is 7.42. The first-order valence-corrected chi connectivity index (χ1v) is 12.9. The van der Waals surface area contributed by atoms with Crippen LogP contribution in [-0.2, 0) is 19.9 Å². The van der Waals surface area contributed by atoms with Crippen molar-refractivity contribution in [3.05, 3.63) is 66.7 Å². The molecule has 13 heteroatoms. The van der Waals surface area contributed by atoms with Gasteiger partial charge in [0.1, 0.15) is 16.3 Å². The van der Waals surface area contributed by atoms with E-state index in [1.54, 1.807) is 0 Å². The third-order valence-electron chi connectivity index (χ3n) is 4.69. The van der Waals surface area contributed by atoms with E-state index in [0.29, 0.717) is 16.5 Å². The molecule has 0 aliphatic heterocycles. The number of anilines is 1. The molecule has 0 spiro atoms. The number of sulfonamides is 1. The summed E-state index contributed by atoms with van der Waals surface area (Å²) < 4.78 is 94.0. The van der Waals surface area contributed by atoms with Crippen molar-refractivity contribution in [3.8, 4) is 17.0 Å². The molecule has 0 aliphatic carbocycles. The summed E-state index contributed by atoms with van der Waals surface area (Å²) >= 11 is 0. The second-order valence-electron chi connectivity index (χ2n) is 7.23. The van der Waals surface area contributed by atoms with Crippen LogP contribution < -0.4 is 9.46 Å². The Morgan fingerprint density at radius 3 is 2.29 bits per heavy atom. The van der Waals surface area contributed by atoms with Crippen LogP contribution in [0.15, 0.2) is 76.5 Å². The van der Waals surface area contributed by atoms with Crippen molar-refractivity contribution in [2.24, 2.45) is 0 Å².